The average Bonchev–Trinajstić information content (AvgIpc) is 2.44. The fourth-order valence-corrected chi connectivity index (χ4v) is 1.22. The first-order chi connectivity index (χ1) is 9.47. The Morgan fingerprint density at radius 1 is 1.30 bits per heavy atom. The monoisotopic (exact) mass is 284 g/mol. The first kappa shape index (κ1) is 15.4. The Balaban J connectivity index is 2.59. The number of hydrogen-bond donors (Lipinski definition) is 2. The minimum absolute atomic E-state index is 0.247. The molecule has 0 spiro atoms. The van der Waals surface area contributed by atoms with Crippen LogP contribution in [0.25, 0.3) is 0 Å². The van der Waals surface area contributed by atoms with Crippen LogP contribution in [0.15, 0.2) is 18.2 Å². The minimum atomic E-state index is -1.02. The van der Waals surface area contributed by atoms with Gasteiger partial charge >= 0.3 is 12.0 Å². The minimum Gasteiger partial charge on any atom is -0.497 e. The summed E-state index contributed by atoms with van der Waals surface area (Å²) in [4.78, 5) is 33.5. The molecule has 0 aromatic heterocycles. The van der Waals surface area contributed by atoms with Crippen LogP contribution in [0.5, 0.6) is 5.75 Å². The third kappa shape index (κ3) is 4.23. The van der Waals surface area contributed by atoms with Crippen molar-refractivity contribution >= 4 is 17.9 Å². The van der Waals surface area contributed by atoms with Gasteiger partial charge in [-0.25, -0.2) is 14.0 Å². The van der Waals surface area contributed by atoms with Crippen LogP contribution in [0.1, 0.15) is 10.4 Å². The van der Waals surface area contributed by atoms with E-state index in [0.717, 1.165) is 6.07 Å². The van der Waals surface area contributed by atoms with Crippen molar-refractivity contribution in [2.24, 2.45) is 0 Å². The second kappa shape index (κ2) is 7.07. The Hall–Kier alpha value is -2.64. The zero-order chi connectivity index (χ0) is 15.1. The lowest BCUT2D eigenvalue weighted by atomic mass is 10.2. The van der Waals surface area contributed by atoms with Gasteiger partial charge in [0.15, 0.2) is 6.61 Å². The number of urea groups is 1. The van der Waals surface area contributed by atoms with E-state index in [1.165, 1.54) is 26.3 Å². The number of carbonyl (C=O) groups excluding carboxylic acids is 3. The van der Waals surface area contributed by atoms with Crippen LogP contribution < -0.4 is 15.4 Å². The Kier molecular flexibility index (Phi) is 5.45. The quantitative estimate of drug-likeness (QED) is 0.783. The summed E-state index contributed by atoms with van der Waals surface area (Å²) in [6.45, 7) is -0.697. The van der Waals surface area contributed by atoms with E-state index in [1.807, 2.05) is 5.32 Å². The molecule has 0 saturated carbocycles. The van der Waals surface area contributed by atoms with Gasteiger partial charge in [0.1, 0.15) is 11.6 Å². The van der Waals surface area contributed by atoms with Gasteiger partial charge in [0, 0.05) is 13.1 Å². The molecular formula is C12H13FN2O5. The van der Waals surface area contributed by atoms with Crippen molar-refractivity contribution in [2.75, 3.05) is 20.8 Å². The van der Waals surface area contributed by atoms with E-state index in [4.69, 9.17) is 4.74 Å². The zero-order valence-electron chi connectivity index (χ0n) is 10.9. The highest BCUT2D eigenvalue weighted by Gasteiger charge is 2.16. The zero-order valence-corrected chi connectivity index (χ0v) is 10.9. The summed E-state index contributed by atoms with van der Waals surface area (Å²) in [5.41, 5.74) is -0.335. The molecule has 0 fully saturated rings. The van der Waals surface area contributed by atoms with Crippen molar-refractivity contribution in [1.82, 2.24) is 10.6 Å². The van der Waals surface area contributed by atoms with Crippen LogP contribution >= 0.6 is 0 Å². The largest absolute Gasteiger partial charge is 0.497 e. The van der Waals surface area contributed by atoms with E-state index in [0.29, 0.717) is 0 Å². The molecule has 2 N–H and O–H groups in total. The SMILES string of the molecule is CNC(=O)NC(=O)COC(=O)c1ccc(OC)cc1F. The summed E-state index contributed by atoms with van der Waals surface area (Å²) in [5, 5.41) is 4.04. The molecule has 0 radical (unpaired) electrons. The highest BCUT2D eigenvalue weighted by atomic mass is 19.1. The van der Waals surface area contributed by atoms with Gasteiger partial charge in [-0.3, -0.25) is 10.1 Å². The van der Waals surface area contributed by atoms with Gasteiger partial charge in [-0.1, -0.05) is 0 Å². The van der Waals surface area contributed by atoms with Gasteiger partial charge in [-0.05, 0) is 12.1 Å². The molecule has 0 aliphatic rings. The summed E-state index contributed by atoms with van der Waals surface area (Å²) < 4.78 is 22.9. The lowest BCUT2D eigenvalue weighted by molar-refractivity contribution is -0.123. The number of esters is 1. The number of halogens is 1. The second-order valence-corrected chi connectivity index (χ2v) is 3.55. The van der Waals surface area contributed by atoms with Crippen molar-refractivity contribution < 1.29 is 28.2 Å². The van der Waals surface area contributed by atoms with Gasteiger partial charge in [0.05, 0.1) is 12.7 Å². The number of rotatable bonds is 4. The molecule has 1 aromatic carbocycles. The Morgan fingerprint density at radius 3 is 2.55 bits per heavy atom. The second-order valence-electron chi connectivity index (χ2n) is 3.55. The van der Waals surface area contributed by atoms with E-state index in [9.17, 15) is 18.8 Å². The van der Waals surface area contributed by atoms with E-state index in [1.54, 1.807) is 0 Å². The molecule has 0 heterocycles. The number of carbonyl (C=O) groups is 3. The lowest BCUT2D eigenvalue weighted by Gasteiger charge is -2.07. The first-order valence-corrected chi connectivity index (χ1v) is 5.50. The predicted molar refractivity (Wildman–Crippen MR) is 65.8 cm³/mol. The maximum Gasteiger partial charge on any atom is 0.341 e. The third-order valence-corrected chi connectivity index (χ3v) is 2.21. The fraction of sp³-hybridized carbons (Fsp3) is 0.250. The highest BCUT2D eigenvalue weighted by molar-refractivity contribution is 5.97. The summed E-state index contributed by atoms with van der Waals surface area (Å²) in [5.74, 6) is -2.43. The Morgan fingerprint density at radius 2 is 2.00 bits per heavy atom. The Bertz CT molecular complexity index is 533. The molecular weight excluding hydrogens is 271 g/mol. The van der Waals surface area contributed by atoms with E-state index >= 15 is 0 Å². The summed E-state index contributed by atoms with van der Waals surface area (Å²) in [6, 6.07) is 2.83. The van der Waals surface area contributed by atoms with Crippen LogP contribution in [0, 0.1) is 5.82 Å². The molecule has 1 aromatic rings. The molecule has 0 bridgehead atoms. The third-order valence-electron chi connectivity index (χ3n) is 2.21. The van der Waals surface area contributed by atoms with Crippen LogP contribution in [-0.2, 0) is 9.53 Å². The molecule has 0 aliphatic carbocycles. The fourth-order valence-electron chi connectivity index (χ4n) is 1.22. The molecule has 3 amide bonds. The average molecular weight is 284 g/mol. The number of imide groups is 1. The molecule has 0 atom stereocenters. The maximum atomic E-state index is 13.5. The molecule has 1 rings (SSSR count). The number of amides is 3. The number of methoxy groups -OCH3 is 1. The number of ether oxygens (including phenoxy) is 2. The van der Waals surface area contributed by atoms with E-state index in [-0.39, 0.29) is 11.3 Å². The van der Waals surface area contributed by atoms with Gasteiger partial charge in [-0.15, -0.1) is 0 Å². The standard InChI is InChI=1S/C12H13FN2O5/c1-14-12(18)15-10(16)6-20-11(17)8-4-3-7(19-2)5-9(8)13/h3-5H,6H2,1-2H3,(H2,14,15,16,18). The summed E-state index contributed by atoms with van der Waals surface area (Å²) in [7, 11) is 2.68. The normalized spacial score (nSPS) is 9.55. The lowest BCUT2D eigenvalue weighted by Crippen LogP contribution is -2.39. The van der Waals surface area contributed by atoms with Crippen molar-refractivity contribution in [2.45, 2.75) is 0 Å². The van der Waals surface area contributed by atoms with Crippen LogP contribution in [-0.4, -0.2) is 38.7 Å². The van der Waals surface area contributed by atoms with Crippen molar-refractivity contribution in [3.8, 4) is 5.75 Å². The Labute approximate surface area is 114 Å². The first-order valence-electron chi connectivity index (χ1n) is 5.50. The van der Waals surface area contributed by atoms with Crippen molar-refractivity contribution in [1.29, 1.82) is 0 Å². The smallest absolute Gasteiger partial charge is 0.341 e. The topological polar surface area (TPSA) is 93.7 Å². The van der Waals surface area contributed by atoms with Gasteiger partial charge in [-0.2, -0.15) is 0 Å². The van der Waals surface area contributed by atoms with Crippen molar-refractivity contribution in [3.63, 3.8) is 0 Å². The molecule has 0 unspecified atom stereocenters. The number of hydrogen-bond acceptors (Lipinski definition) is 5. The van der Waals surface area contributed by atoms with Crippen LogP contribution in [0.2, 0.25) is 0 Å². The molecule has 108 valence electrons. The summed E-state index contributed by atoms with van der Waals surface area (Å²) >= 11 is 0. The molecule has 0 aliphatic heterocycles. The molecule has 20 heavy (non-hydrogen) atoms. The predicted octanol–water partition coefficient (Wildman–Crippen LogP) is 0.447. The highest BCUT2D eigenvalue weighted by Crippen LogP contribution is 2.16. The van der Waals surface area contributed by atoms with Gasteiger partial charge < -0.3 is 14.8 Å². The van der Waals surface area contributed by atoms with Crippen LogP contribution in [0.3, 0.4) is 0 Å². The van der Waals surface area contributed by atoms with Gasteiger partial charge in [0.2, 0.25) is 0 Å². The number of nitrogens with one attached hydrogen (secondary N) is 2. The van der Waals surface area contributed by atoms with Crippen molar-refractivity contribution in [3.05, 3.63) is 29.6 Å². The van der Waals surface area contributed by atoms with E-state index in [2.05, 4.69) is 10.1 Å². The maximum absolute atomic E-state index is 13.5. The van der Waals surface area contributed by atoms with Crippen LogP contribution in [0.4, 0.5) is 9.18 Å². The molecule has 7 nitrogen and oxygen atoms in total. The molecule has 8 heteroatoms. The number of benzene rings is 1. The molecule has 0 saturated heterocycles. The van der Waals surface area contributed by atoms with Gasteiger partial charge in [0.25, 0.3) is 5.91 Å². The van der Waals surface area contributed by atoms with E-state index < -0.39 is 30.3 Å². The summed E-state index contributed by atoms with van der Waals surface area (Å²) in [6.07, 6.45) is 0.